The highest BCUT2D eigenvalue weighted by atomic mass is 32.2. The van der Waals surface area contributed by atoms with Gasteiger partial charge in [-0.15, -0.1) is 0 Å². The number of hydrogen-bond donors (Lipinski definition) is 0. The molecule has 0 amide bonds. The van der Waals surface area contributed by atoms with Gasteiger partial charge < -0.3 is 9.29 Å². The summed E-state index contributed by atoms with van der Waals surface area (Å²) in [5, 5.41) is 0. The second-order valence-corrected chi connectivity index (χ2v) is 11.1. The van der Waals surface area contributed by atoms with Crippen LogP contribution >= 0.6 is 0 Å². The summed E-state index contributed by atoms with van der Waals surface area (Å²) in [6, 6.07) is 10.1. The highest BCUT2D eigenvalue weighted by Crippen LogP contribution is 2.53. The van der Waals surface area contributed by atoms with E-state index in [0.29, 0.717) is 29.8 Å². The van der Waals surface area contributed by atoms with Crippen molar-refractivity contribution in [3.63, 3.8) is 0 Å². The SMILES string of the molecule is CC/C(=N/[S+]([O-])C(C)(C)C)c1cc(O[C@H]2[C@@H]3CCC[C@@H]32)nc(-c2ccc(F)cc2)c1. The number of benzene rings is 1. The van der Waals surface area contributed by atoms with Crippen LogP contribution in [0.15, 0.2) is 40.8 Å². The molecule has 1 heterocycles. The summed E-state index contributed by atoms with van der Waals surface area (Å²) in [5.74, 6) is 1.58. The Labute approximate surface area is 181 Å². The second-order valence-electron chi connectivity index (χ2n) is 9.18. The molecule has 160 valence electrons. The Kier molecular flexibility index (Phi) is 5.90. The molecule has 6 heteroatoms. The van der Waals surface area contributed by atoms with Gasteiger partial charge in [-0.05, 0) is 70.4 Å². The smallest absolute Gasteiger partial charge is 0.214 e. The number of fused-ring (bicyclic) bond motifs is 1. The summed E-state index contributed by atoms with van der Waals surface area (Å²) < 4.78 is 36.4. The molecule has 1 unspecified atom stereocenters. The van der Waals surface area contributed by atoms with Crippen molar-refractivity contribution >= 4 is 17.1 Å². The predicted octanol–water partition coefficient (Wildman–Crippen LogP) is 5.73. The first kappa shape index (κ1) is 21.3. The van der Waals surface area contributed by atoms with Crippen molar-refractivity contribution in [2.75, 3.05) is 0 Å². The third-order valence-electron chi connectivity index (χ3n) is 5.91. The fourth-order valence-electron chi connectivity index (χ4n) is 4.13. The number of halogens is 1. The van der Waals surface area contributed by atoms with Gasteiger partial charge in [0, 0.05) is 29.0 Å². The molecule has 0 N–H and O–H groups in total. The maximum Gasteiger partial charge on any atom is 0.214 e. The van der Waals surface area contributed by atoms with Crippen LogP contribution in [0.2, 0.25) is 0 Å². The molecule has 2 aliphatic rings. The van der Waals surface area contributed by atoms with Crippen LogP contribution in [0.5, 0.6) is 5.88 Å². The van der Waals surface area contributed by atoms with Gasteiger partial charge in [-0.25, -0.2) is 9.37 Å². The van der Waals surface area contributed by atoms with Crippen LogP contribution < -0.4 is 4.74 Å². The molecule has 4 atom stereocenters. The molecule has 0 radical (unpaired) electrons. The highest BCUT2D eigenvalue weighted by molar-refractivity contribution is 7.91. The van der Waals surface area contributed by atoms with Gasteiger partial charge in [0.25, 0.3) is 0 Å². The summed E-state index contributed by atoms with van der Waals surface area (Å²) in [6.07, 6.45) is 4.63. The molecule has 0 aliphatic heterocycles. The third-order valence-corrected chi connectivity index (χ3v) is 7.35. The Morgan fingerprint density at radius 3 is 2.47 bits per heavy atom. The highest BCUT2D eigenvalue weighted by Gasteiger charge is 2.55. The van der Waals surface area contributed by atoms with Gasteiger partial charge in [0.1, 0.15) is 28.0 Å². The Bertz CT molecular complexity index is 929. The topological polar surface area (TPSA) is 57.5 Å². The van der Waals surface area contributed by atoms with Crippen LogP contribution in [0.4, 0.5) is 4.39 Å². The van der Waals surface area contributed by atoms with Crippen LogP contribution in [0.25, 0.3) is 11.3 Å². The summed E-state index contributed by atoms with van der Waals surface area (Å²) in [4.78, 5) is 4.71. The summed E-state index contributed by atoms with van der Waals surface area (Å²) >= 11 is -1.35. The summed E-state index contributed by atoms with van der Waals surface area (Å²) in [7, 11) is 0. The number of pyridine rings is 1. The van der Waals surface area contributed by atoms with Crippen LogP contribution in [0, 0.1) is 17.7 Å². The largest absolute Gasteiger partial charge is 0.591 e. The van der Waals surface area contributed by atoms with Crippen molar-refractivity contribution in [1.29, 1.82) is 0 Å². The average molecular weight is 429 g/mol. The maximum atomic E-state index is 13.4. The number of nitrogens with zero attached hydrogens (tertiary/aromatic N) is 2. The fraction of sp³-hybridized carbons (Fsp3) is 0.500. The van der Waals surface area contributed by atoms with Crippen LogP contribution in [-0.2, 0) is 11.4 Å². The van der Waals surface area contributed by atoms with Crippen molar-refractivity contribution in [2.45, 2.75) is 64.2 Å². The lowest BCUT2D eigenvalue weighted by atomic mass is 10.0. The minimum Gasteiger partial charge on any atom is -0.591 e. The molecule has 1 aromatic heterocycles. The normalized spacial score (nSPS) is 24.5. The molecule has 0 saturated heterocycles. The van der Waals surface area contributed by atoms with Crippen molar-refractivity contribution in [1.82, 2.24) is 4.98 Å². The van der Waals surface area contributed by atoms with E-state index >= 15 is 0 Å². The molecule has 2 fully saturated rings. The average Bonchev–Trinajstić information content (AvgIpc) is 3.11. The maximum absolute atomic E-state index is 13.4. The van der Waals surface area contributed by atoms with E-state index < -0.39 is 16.1 Å². The van der Waals surface area contributed by atoms with Gasteiger partial charge >= 0.3 is 0 Å². The van der Waals surface area contributed by atoms with E-state index in [0.717, 1.165) is 16.8 Å². The molecular weight excluding hydrogens is 399 g/mol. The van der Waals surface area contributed by atoms with E-state index in [9.17, 15) is 8.94 Å². The van der Waals surface area contributed by atoms with Gasteiger partial charge in [-0.1, -0.05) is 17.7 Å². The van der Waals surface area contributed by atoms with Gasteiger partial charge in [0.2, 0.25) is 5.88 Å². The van der Waals surface area contributed by atoms with Gasteiger partial charge in [0.15, 0.2) is 0 Å². The number of aromatic nitrogens is 1. The van der Waals surface area contributed by atoms with Crippen molar-refractivity contribution in [3.8, 4) is 17.1 Å². The molecule has 2 aliphatic carbocycles. The minimum atomic E-state index is -1.35. The van der Waals surface area contributed by atoms with Gasteiger partial charge in [0.05, 0.1) is 11.4 Å². The molecule has 2 aromatic rings. The Hall–Kier alpha value is -1.92. The van der Waals surface area contributed by atoms with E-state index in [2.05, 4.69) is 4.40 Å². The van der Waals surface area contributed by atoms with Crippen molar-refractivity contribution < 1.29 is 13.7 Å². The zero-order chi connectivity index (χ0) is 21.5. The number of ether oxygens (including phenoxy) is 1. The molecule has 4 nitrogen and oxygen atoms in total. The Morgan fingerprint density at radius 2 is 1.87 bits per heavy atom. The fourth-order valence-corrected chi connectivity index (χ4v) is 4.84. The van der Waals surface area contributed by atoms with Crippen molar-refractivity contribution in [2.24, 2.45) is 16.2 Å². The van der Waals surface area contributed by atoms with Crippen LogP contribution in [0.3, 0.4) is 0 Å². The molecule has 4 rings (SSSR count). The second kappa shape index (κ2) is 8.31. The van der Waals surface area contributed by atoms with E-state index in [-0.39, 0.29) is 11.9 Å². The monoisotopic (exact) mass is 428 g/mol. The van der Waals surface area contributed by atoms with Gasteiger partial charge in [-0.2, -0.15) is 0 Å². The van der Waals surface area contributed by atoms with Crippen molar-refractivity contribution in [3.05, 3.63) is 47.8 Å². The lowest BCUT2D eigenvalue weighted by Crippen LogP contribution is -2.27. The Balaban J connectivity index is 1.70. The molecule has 30 heavy (non-hydrogen) atoms. The standard InChI is InChI=1S/C24H29FN2O2S/c1-5-20(27-30(28)24(2,3)4)16-13-21(15-9-11-17(25)12-10-15)26-22(14-16)29-23-18-7-6-8-19(18)23/h9-14,18-19,23H,5-8H2,1-4H3/b27-20-/t18-,19+,23+,30?. The van der Waals surface area contributed by atoms with E-state index in [1.54, 1.807) is 12.1 Å². The first-order valence-electron chi connectivity index (χ1n) is 10.7. The number of hydrogen-bond acceptors (Lipinski definition) is 4. The molecule has 0 spiro atoms. The molecule has 1 aromatic carbocycles. The first-order valence-corrected chi connectivity index (χ1v) is 11.8. The minimum absolute atomic E-state index is 0.244. The number of rotatable bonds is 6. The first-order chi connectivity index (χ1) is 14.3. The molecule has 2 saturated carbocycles. The molecular formula is C24H29FN2O2S. The van der Waals surface area contributed by atoms with Gasteiger partial charge in [-0.3, -0.25) is 0 Å². The zero-order valence-electron chi connectivity index (χ0n) is 18.0. The quantitative estimate of drug-likeness (QED) is 0.436. The van der Waals surface area contributed by atoms with E-state index in [1.807, 2.05) is 39.8 Å². The third kappa shape index (κ3) is 4.54. The Morgan fingerprint density at radius 1 is 1.20 bits per heavy atom. The lowest BCUT2D eigenvalue weighted by Gasteiger charge is -2.19. The van der Waals surface area contributed by atoms with Crippen LogP contribution in [0.1, 0.15) is 58.9 Å². The summed E-state index contributed by atoms with van der Waals surface area (Å²) in [5.41, 5.74) is 3.13. The van der Waals surface area contributed by atoms with E-state index in [1.165, 1.54) is 31.4 Å². The molecule has 0 bridgehead atoms. The lowest BCUT2D eigenvalue weighted by molar-refractivity contribution is 0.248. The van der Waals surface area contributed by atoms with E-state index in [4.69, 9.17) is 9.72 Å². The predicted molar refractivity (Wildman–Crippen MR) is 120 cm³/mol. The summed E-state index contributed by atoms with van der Waals surface area (Å²) in [6.45, 7) is 7.74. The van der Waals surface area contributed by atoms with Crippen LogP contribution in [-0.4, -0.2) is 26.1 Å². The zero-order valence-corrected chi connectivity index (χ0v) is 18.8.